The zero-order valence-electron chi connectivity index (χ0n) is 7.43. The summed E-state index contributed by atoms with van der Waals surface area (Å²) in [6.45, 7) is 3.64. The number of aromatic amines is 1. The second-order valence-electron chi connectivity index (χ2n) is 2.44. The molecule has 0 aliphatic rings. The van der Waals surface area contributed by atoms with Crippen molar-refractivity contribution in [2.75, 3.05) is 6.61 Å². The van der Waals surface area contributed by atoms with Gasteiger partial charge in [-0.05, 0) is 0 Å². The molecule has 0 saturated carbocycles. The summed E-state index contributed by atoms with van der Waals surface area (Å²) >= 11 is 3.70. The van der Waals surface area contributed by atoms with Crippen molar-refractivity contribution >= 4 is 17.7 Å². The summed E-state index contributed by atoms with van der Waals surface area (Å²) in [5.41, 5.74) is 0.443. The highest BCUT2D eigenvalue weighted by Crippen LogP contribution is 2.07. The monoisotopic (exact) mass is 210 g/mol. The van der Waals surface area contributed by atoms with Crippen LogP contribution in [0.4, 0.5) is 0 Å². The molecule has 74 valence electrons. The lowest BCUT2D eigenvalue weighted by Crippen LogP contribution is -2.06. The highest BCUT2D eigenvalue weighted by Gasteiger charge is 2.04. The molecule has 1 aromatic rings. The number of carbonyl (C=O) groups excluding carboxylic acids is 1. The number of hydrogen-bond acceptors (Lipinski definition) is 3. The second kappa shape index (κ2) is 5.29. The van der Waals surface area contributed by atoms with Crippen LogP contribution in [0.2, 0.25) is 0 Å². The molecule has 0 spiro atoms. The third-order valence-corrected chi connectivity index (χ3v) is 1.74. The molecule has 0 unspecified atom stereocenters. The van der Waals surface area contributed by atoms with Crippen LogP contribution in [0.15, 0.2) is 36.6 Å². The summed E-state index contributed by atoms with van der Waals surface area (Å²) in [6, 6.07) is 1.66. The first-order valence-electron chi connectivity index (χ1n) is 3.91. The van der Waals surface area contributed by atoms with Gasteiger partial charge in [-0.1, -0.05) is 18.7 Å². The van der Waals surface area contributed by atoms with Crippen molar-refractivity contribution in [3.05, 3.63) is 36.6 Å². The molecule has 0 amide bonds. The van der Waals surface area contributed by atoms with Gasteiger partial charge in [0.2, 0.25) is 11.0 Å². The van der Waals surface area contributed by atoms with Gasteiger partial charge in [0.1, 0.15) is 6.61 Å². The number of carbonyl (C=O) groups is 1. The molecule has 0 atom stereocenters. The fourth-order valence-corrected chi connectivity index (χ4v) is 0.941. The van der Waals surface area contributed by atoms with Gasteiger partial charge in [0.15, 0.2) is 0 Å². The van der Waals surface area contributed by atoms with Crippen LogP contribution < -0.4 is 4.74 Å². The normalized spacial score (nSPS) is 11.1. The van der Waals surface area contributed by atoms with E-state index in [2.05, 4.69) is 29.4 Å². The molecule has 0 radical (unpaired) electrons. The van der Waals surface area contributed by atoms with Crippen LogP contribution >= 0.6 is 12.6 Å². The van der Waals surface area contributed by atoms with Crippen LogP contribution in [0.5, 0.6) is 5.88 Å². The number of rotatable bonds is 5. The Kier molecular flexibility index (Phi) is 4.00. The molecule has 0 aliphatic heterocycles. The maximum absolute atomic E-state index is 10.9. The maximum Gasteiger partial charge on any atom is 0.215 e. The van der Waals surface area contributed by atoms with Crippen LogP contribution in [0, 0.1) is 0 Å². The summed E-state index contributed by atoms with van der Waals surface area (Å²) in [4.78, 5) is 10.9. The fourth-order valence-electron chi connectivity index (χ4n) is 0.802. The molecule has 4 nitrogen and oxygen atoms in total. The minimum atomic E-state index is -0.329. The molecular formula is C9H10N2O2S. The Morgan fingerprint density at radius 3 is 3.07 bits per heavy atom. The topological polar surface area (TPSA) is 55.0 Å². The Balaban J connectivity index is 2.54. The number of ether oxygens (including phenoxy) is 1. The lowest BCUT2D eigenvalue weighted by molar-refractivity contribution is -0.108. The van der Waals surface area contributed by atoms with Crippen molar-refractivity contribution in [2.45, 2.75) is 0 Å². The Morgan fingerprint density at radius 2 is 2.57 bits per heavy atom. The Labute approximate surface area is 87.1 Å². The summed E-state index contributed by atoms with van der Waals surface area (Å²) in [5, 5.41) is 5.98. The summed E-state index contributed by atoms with van der Waals surface area (Å²) in [7, 11) is 0. The third-order valence-electron chi connectivity index (χ3n) is 1.45. The van der Waals surface area contributed by atoms with Gasteiger partial charge in [-0.25, -0.2) is 5.10 Å². The lowest BCUT2D eigenvalue weighted by Gasteiger charge is -2.03. The quantitative estimate of drug-likeness (QED) is 0.438. The molecule has 0 aromatic carbocycles. The van der Waals surface area contributed by atoms with E-state index >= 15 is 0 Å². The standard InChI is InChI=1S/C9H10N2O2S/c1-2-3-7(9(12)14)6-13-8-4-5-10-11-8/h2-5H,1,6H2,(H,10,11)(H,12,14)/b7-3-. The van der Waals surface area contributed by atoms with Crippen LogP contribution in [0.1, 0.15) is 0 Å². The smallest absolute Gasteiger partial charge is 0.215 e. The van der Waals surface area contributed by atoms with E-state index < -0.39 is 0 Å². The van der Waals surface area contributed by atoms with Crippen molar-refractivity contribution < 1.29 is 9.53 Å². The molecule has 0 saturated heterocycles. The van der Waals surface area contributed by atoms with E-state index in [1.165, 1.54) is 6.08 Å². The van der Waals surface area contributed by atoms with Crippen LogP contribution in [0.3, 0.4) is 0 Å². The predicted molar refractivity (Wildman–Crippen MR) is 56.4 cm³/mol. The molecule has 0 bridgehead atoms. The maximum atomic E-state index is 10.9. The van der Waals surface area contributed by atoms with E-state index in [0.717, 1.165) is 0 Å². The van der Waals surface area contributed by atoms with Crippen molar-refractivity contribution in [1.82, 2.24) is 10.2 Å². The number of H-pyrrole nitrogens is 1. The Hall–Kier alpha value is -1.49. The van der Waals surface area contributed by atoms with Crippen LogP contribution in [-0.2, 0) is 4.79 Å². The number of allylic oxidation sites excluding steroid dienone is 2. The van der Waals surface area contributed by atoms with Gasteiger partial charge in [-0.2, -0.15) is 5.10 Å². The number of thiol groups is 1. The Morgan fingerprint density at radius 1 is 1.79 bits per heavy atom. The number of hydrogen-bond donors (Lipinski definition) is 2. The Bertz CT molecular complexity index is 344. The SMILES string of the molecule is C=C/C=C(/COc1ccn[nH]1)C(=O)S. The number of aromatic nitrogens is 2. The third kappa shape index (κ3) is 3.10. The second-order valence-corrected chi connectivity index (χ2v) is 2.85. The van der Waals surface area contributed by atoms with E-state index in [0.29, 0.717) is 11.5 Å². The van der Waals surface area contributed by atoms with Gasteiger partial charge in [-0.15, -0.1) is 12.6 Å². The molecule has 0 aliphatic carbocycles. The summed E-state index contributed by atoms with van der Waals surface area (Å²) in [5.74, 6) is 0.509. The van der Waals surface area contributed by atoms with E-state index in [9.17, 15) is 4.79 Å². The largest absolute Gasteiger partial charge is 0.473 e. The van der Waals surface area contributed by atoms with Crippen molar-refractivity contribution in [3.8, 4) is 5.88 Å². The molecule has 5 heteroatoms. The first-order chi connectivity index (χ1) is 6.74. The average molecular weight is 210 g/mol. The van der Waals surface area contributed by atoms with Gasteiger partial charge in [0, 0.05) is 11.6 Å². The molecule has 1 heterocycles. The average Bonchev–Trinajstić information content (AvgIpc) is 2.64. The minimum Gasteiger partial charge on any atom is -0.473 e. The van der Waals surface area contributed by atoms with Gasteiger partial charge < -0.3 is 4.74 Å². The van der Waals surface area contributed by atoms with Crippen LogP contribution in [0.25, 0.3) is 0 Å². The summed E-state index contributed by atoms with van der Waals surface area (Å²) < 4.78 is 5.22. The number of nitrogens with one attached hydrogen (secondary N) is 1. The van der Waals surface area contributed by atoms with E-state index in [1.807, 2.05) is 0 Å². The molecule has 1 rings (SSSR count). The highest BCUT2D eigenvalue weighted by molar-refractivity contribution is 7.97. The predicted octanol–water partition coefficient (Wildman–Crippen LogP) is 1.36. The van der Waals surface area contributed by atoms with Crippen molar-refractivity contribution in [1.29, 1.82) is 0 Å². The zero-order chi connectivity index (χ0) is 10.4. The highest BCUT2D eigenvalue weighted by atomic mass is 32.1. The first kappa shape index (κ1) is 10.6. The van der Waals surface area contributed by atoms with Crippen LogP contribution in [-0.4, -0.2) is 21.9 Å². The van der Waals surface area contributed by atoms with Gasteiger partial charge >= 0.3 is 0 Å². The summed E-state index contributed by atoms with van der Waals surface area (Å²) in [6.07, 6.45) is 4.64. The molecule has 14 heavy (non-hydrogen) atoms. The van der Waals surface area contributed by atoms with Gasteiger partial charge in [0.25, 0.3) is 0 Å². The van der Waals surface area contributed by atoms with E-state index in [1.54, 1.807) is 18.3 Å². The molecular weight excluding hydrogens is 200 g/mol. The minimum absolute atomic E-state index is 0.149. The first-order valence-corrected chi connectivity index (χ1v) is 4.36. The fraction of sp³-hybridized carbons (Fsp3) is 0.111. The van der Waals surface area contributed by atoms with E-state index in [4.69, 9.17) is 4.74 Å². The molecule has 1 aromatic heterocycles. The van der Waals surface area contributed by atoms with E-state index in [-0.39, 0.29) is 11.7 Å². The molecule has 1 N–H and O–H groups in total. The lowest BCUT2D eigenvalue weighted by atomic mass is 10.3. The zero-order valence-corrected chi connectivity index (χ0v) is 8.33. The van der Waals surface area contributed by atoms with Gasteiger partial charge in [0.05, 0.1) is 6.20 Å². The van der Waals surface area contributed by atoms with Crippen molar-refractivity contribution in [3.63, 3.8) is 0 Å². The van der Waals surface area contributed by atoms with Gasteiger partial charge in [-0.3, -0.25) is 4.79 Å². The number of nitrogens with zero attached hydrogens (tertiary/aromatic N) is 1. The molecule has 0 fully saturated rings. The van der Waals surface area contributed by atoms with Crippen molar-refractivity contribution in [2.24, 2.45) is 0 Å².